The molecule has 0 aliphatic carbocycles. The molecule has 0 saturated heterocycles. The van der Waals surface area contributed by atoms with Crippen molar-refractivity contribution >= 4 is 11.9 Å². The number of allylic oxidation sites excluding steroid dienone is 1. The Kier molecular flexibility index (Phi) is 5.47. The van der Waals surface area contributed by atoms with Crippen LogP contribution in [0, 0.1) is 0 Å². The first-order valence-electron chi connectivity index (χ1n) is 8.35. The minimum Gasteiger partial charge on any atom is -0.507 e. The van der Waals surface area contributed by atoms with Crippen LogP contribution in [0.4, 0.5) is 26.3 Å². The maximum Gasteiger partial charge on any atom is 0.416 e. The van der Waals surface area contributed by atoms with E-state index in [1.165, 1.54) is 42.5 Å². The number of ketones is 1. The maximum atomic E-state index is 13.0. The third kappa shape index (κ3) is 4.73. The molecule has 3 aromatic rings. The lowest BCUT2D eigenvalue weighted by atomic mass is 10.0. The first-order chi connectivity index (χ1) is 13.9. The number of hydrogen-bond acceptors (Lipinski definition) is 3. The maximum absolute atomic E-state index is 13.0. The molecule has 0 unspecified atom stereocenters. The summed E-state index contributed by atoms with van der Waals surface area (Å²) < 4.78 is 83.2. The van der Waals surface area contributed by atoms with Crippen molar-refractivity contribution in [2.24, 2.45) is 0 Å². The van der Waals surface area contributed by atoms with E-state index >= 15 is 0 Å². The quantitative estimate of drug-likeness (QED) is 0.291. The fourth-order valence-corrected chi connectivity index (χ4v) is 2.62. The molecule has 9 heteroatoms. The number of hydrogen-bond donors (Lipinski definition) is 1. The highest BCUT2D eigenvalue weighted by Gasteiger charge is 2.37. The molecule has 0 aliphatic heterocycles. The van der Waals surface area contributed by atoms with Crippen molar-refractivity contribution in [2.75, 3.05) is 0 Å². The van der Waals surface area contributed by atoms with Gasteiger partial charge >= 0.3 is 12.4 Å². The van der Waals surface area contributed by atoms with Gasteiger partial charge in [-0.2, -0.15) is 26.3 Å². The second kappa shape index (κ2) is 7.74. The van der Waals surface area contributed by atoms with Crippen molar-refractivity contribution in [3.05, 3.63) is 83.1 Å². The number of aromatic hydroxyl groups is 1. The van der Waals surface area contributed by atoms with Crippen LogP contribution in [0.15, 0.2) is 65.1 Å². The third-order valence-corrected chi connectivity index (χ3v) is 4.07. The van der Waals surface area contributed by atoms with E-state index in [4.69, 9.17) is 4.42 Å². The van der Waals surface area contributed by atoms with Gasteiger partial charge in [0.15, 0.2) is 5.78 Å². The molecule has 1 heterocycles. The van der Waals surface area contributed by atoms with Gasteiger partial charge in [0.05, 0.1) is 16.7 Å². The minimum atomic E-state index is -4.98. The largest absolute Gasteiger partial charge is 0.507 e. The monoisotopic (exact) mass is 426 g/mol. The minimum absolute atomic E-state index is 0.0215. The van der Waals surface area contributed by atoms with Crippen LogP contribution in [-0.2, 0) is 12.4 Å². The second-order valence-corrected chi connectivity index (χ2v) is 6.21. The summed E-state index contributed by atoms with van der Waals surface area (Å²) in [7, 11) is 0. The van der Waals surface area contributed by atoms with Gasteiger partial charge in [-0.15, -0.1) is 0 Å². The molecule has 0 spiro atoms. The molecular formula is C21H12F6O3. The molecular weight excluding hydrogens is 414 g/mol. The lowest BCUT2D eigenvalue weighted by molar-refractivity contribution is -0.143. The summed E-state index contributed by atoms with van der Waals surface area (Å²) in [5.74, 6) is -1.01. The Morgan fingerprint density at radius 2 is 1.47 bits per heavy atom. The zero-order valence-electron chi connectivity index (χ0n) is 14.9. The molecule has 156 valence electrons. The Balaban J connectivity index is 1.92. The van der Waals surface area contributed by atoms with Crippen molar-refractivity contribution in [3.8, 4) is 17.1 Å². The van der Waals surface area contributed by atoms with Crippen LogP contribution < -0.4 is 0 Å². The fourth-order valence-electron chi connectivity index (χ4n) is 2.62. The van der Waals surface area contributed by atoms with Gasteiger partial charge in [-0.25, -0.2) is 0 Å². The summed E-state index contributed by atoms with van der Waals surface area (Å²) in [6.07, 6.45) is -7.70. The van der Waals surface area contributed by atoms with Crippen molar-refractivity contribution < 1.29 is 40.7 Å². The third-order valence-electron chi connectivity index (χ3n) is 4.07. The lowest BCUT2D eigenvalue weighted by Gasteiger charge is -2.13. The van der Waals surface area contributed by atoms with Crippen molar-refractivity contribution in [3.63, 3.8) is 0 Å². The highest BCUT2D eigenvalue weighted by molar-refractivity contribution is 6.08. The summed E-state index contributed by atoms with van der Waals surface area (Å²) >= 11 is 0. The van der Waals surface area contributed by atoms with Gasteiger partial charge in [0.2, 0.25) is 0 Å². The molecule has 2 aromatic carbocycles. The number of carbonyl (C=O) groups excluding carboxylic acids is 1. The van der Waals surface area contributed by atoms with Crippen LogP contribution in [0.2, 0.25) is 0 Å². The van der Waals surface area contributed by atoms with Crippen LogP contribution in [0.3, 0.4) is 0 Å². The molecule has 0 fully saturated rings. The average molecular weight is 426 g/mol. The number of benzene rings is 2. The van der Waals surface area contributed by atoms with Crippen LogP contribution in [0.25, 0.3) is 17.4 Å². The zero-order chi connectivity index (χ0) is 22.1. The number of phenolic OH excluding ortho intramolecular Hbond substituents is 1. The van der Waals surface area contributed by atoms with E-state index in [0.717, 1.165) is 6.08 Å². The molecule has 0 atom stereocenters. The second-order valence-electron chi connectivity index (χ2n) is 6.21. The Labute approximate surface area is 165 Å². The van der Waals surface area contributed by atoms with Gasteiger partial charge in [-0.05, 0) is 54.6 Å². The van der Waals surface area contributed by atoms with E-state index in [0.29, 0.717) is 12.1 Å². The van der Waals surface area contributed by atoms with Gasteiger partial charge in [0, 0.05) is 5.56 Å². The molecule has 0 aliphatic rings. The smallest absolute Gasteiger partial charge is 0.416 e. The topological polar surface area (TPSA) is 50.4 Å². The summed E-state index contributed by atoms with van der Waals surface area (Å²) in [6.45, 7) is 0. The molecule has 0 bridgehead atoms. The van der Waals surface area contributed by atoms with Crippen molar-refractivity contribution in [1.29, 1.82) is 0 Å². The van der Waals surface area contributed by atoms with E-state index in [9.17, 15) is 36.2 Å². The predicted octanol–water partition coefficient (Wildman–Crippen LogP) is 6.59. The first-order valence-corrected chi connectivity index (χ1v) is 8.35. The normalized spacial score (nSPS) is 12.5. The van der Waals surface area contributed by atoms with E-state index in [1.807, 2.05) is 0 Å². The summed E-state index contributed by atoms with van der Waals surface area (Å²) in [5, 5.41) is 9.65. The zero-order valence-corrected chi connectivity index (χ0v) is 14.9. The highest BCUT2D eigenvalue weighted by atomic mass is 19.4. The van der Waals surface area contributed by atoms with Crippen LogP contribution in [-0.4, -0.2) is 10.9 Å². The van der Waals surface area contributed by atoms with Gasteiger partial charge < -0.3 is 9.52 Å². The van der Waals surface area contributed by atoms with E-state index in [1.54, 1.807) is 0 Å². The molecule has 0 saturated carbocycles. The number of furan rings is 1. The van der Waals surface area contributed by atoms with Gasteiger partial charge in [-0.3, -0.25) is 4.79 Å². The fraction of sp³-hybridized carbons (Fsp3) is 0.0952. The van der Waals surface area contributed by atoms with Crippen LogP contribution >= 0.6 is 0 Å². The Morgan fingerprint density at radius 3 is 2.03 bits per heavy atom. The Bertz CT molecular complexity index is 1070. The van der Waals surface area contributed by atoms with Crippen LogP contribution in [0.1, 0.15) is 27.2 Å². The van der Waals surface area contributed by atoms with E-state index in [-0.39, 0.29) is 28.9 Å². The van der Waals surface area contributed by atoms with E-state index < -0.39 is 34.8 Å². The summed E-state index contributed by atoms with van der Waals surface area (Å²) in [6, 6.07) is 9.38. The van der Waals surface area contributed by atoms with Gasteiger partial charge in [-0.1, -0.05) is 12.1 Å². The highest BCUT2D eigenvalue weighted by Crippen LogP contribution is 2.39. The Morgan fingerprint density at radius 1 is 0.867 bits per heavy atom. The molecule has 0 radical (unpaired) electrons. The standard InChI is InChI=1S/C21H12F6O3/c22-20(23,24)13-9-12(10-14(11-13)21(25,26)27)19-8-6-15(30-19)5-7-18(29)16-3-1-2-4-17(16)28/h1-11,28H/b7-5-. The first kappa shape index (κ1) is 21.2. The molecule has 3 rings (SSSR count). The number of rotatable bonds is 4. The summed E-state index contributed by atoms with van der Waals surface area (Å²) in [5.41, 5.74) is -3.32. The molecule has 3 nitrogen and oxygen atoms in total. The molecule has 0 amide bonds. The number of phenols is 1. The number of para-hydroxylation sites is 1. The number of halogens is 6. The SMILES string of the molecule is O=C(/C=C\c1ccc(-c2cc(C(F)(F)F)cc(C(F)(F)F)c2)o1)c1ccccc1O. The molecule has 1 aromatic heterocycles. The van der Waals surface area contributed by atoms with Gasteiger partial charge in [0.1, 0.15) is 17.3 Å². The van der Waals surface area contributed by atoms with E-state index in [2.05, 4.69) is 0 Å². The summed E-state index contributed by atoms with van der Waals surface area (Å²) in [4.78, 5) is 12.1. The van der Waals surface area contributed by atoms with Crippen molar-refractivity contribution in [2.45, 2.75) is 12.4 Å². The number of carbonyl (C=O) groups is 1. The Hall–Kier alpha value is -3.49. The molecule has 30 heavy (non-hydrogen) atoms. The van der Waals surface area contributed by atoms with Crippen molar-refractivity contribution in [1.82, 2.24) is 0 Å². The number of alkyl halides is 6. The van der Waals surface area contributed by atoms with Gasteiger partial charge in [0.25, 0.3) is 0 Å². The molecule has 1 N–H and O–H groups in total. The van der Waals surface area contributed by atoms with Crippen LogP contribution in [0.5, 0.6) is 5.75 Å². The average Bonchev–Trinajstić information content (AvgIpc) is 3.14. The lowest BCUT2D eigenvalue weighted by Crippen LogP contribution is -2.11. The predicted molar refractivity (Wildman–Crippen MR) is 95.6 cm³/mol.